The van der Waals surface area contributed by atoms with Crippen molar-refractivity contribution in [3.8, 4) is 5.75 Å². The van der Waals surface area contributed by atoms with Gasteiger partial charge in [-0.1, -0.05) is 36.4 Å². The van der Waals surface area contributed by atoms with Crippen LogP contribution in [0.1, 0.15) is 11.1 Å². The second-order valence-electron chi connectivity index (χ2n) is 5.18. The van der Waals surface area contributed by atoms with Crippen molar-refractivity contribution in [2.75, 3.05) is 18.5 Å². The Balaban J connectivity index is 1.62. The van der Waals surface area contributed by atoms with Crippen LogP contribution in [0.25, 0.3) is 0 Å². The van der Waals surface area contributed by atoms with E-state index >= 15 is 0 Å². The van der Waals surface area contributed by atoms with E-state index in [0.29, 0.717) is 5.92 Å². The summed E-state index contributed by atoms with van der Waals surface area (Å²) in [7, 11) is 0. The van der Waals surface area contributed by atoms with Crippen molar-refractivity contribution in [1.82, 2.24) is 0 Å². The van der Waals surface area contributed by atoms with E-state index in [4.69, 9.17) is 4.74 Å². The van der Waals surface area contributed by atoms with Gasteiger partial charge in [-0.15, -0.1) is 0 Å². The highest BCUT2D eigenvalue weighted by molar-refractivity contribution is 5.53. The Kier molecular flexibility index (Phi) is 3.41. The molecule has 0 aliphatic carbocycles. The van der Waals surface area contributed by atoms with Crippen LogP contribution in [0.15, 0.2) is 48.5 Å². The predicted octanol–water partition coefficient (Wildman–Crippen LogP) is 3.66. The van der Waals surface area contributed by atoms with Crippen molar-refractivity contribution >= 4 is 5.69 Å². The van der Waals surface area contributed by atoms with Crippen LogP contribution in [0.2, 0.25) is 0 Å². The minimum Gasteiger partial charge on any atom is -0.493 e. The fourth-order valence-corrected chi connectivity index (χ4v) is 2.55. The fourth-order valence-electron chi connectivity index (χ4n) is 2.55. The van der Waals surface area contributed by atoms with Gasteiger partial charge >= 0.3 is 0 Å². The predicted molar refractivity (Wildman–Crippen MR) is 78.8 cm³/mol. The van der Waals surface area contributed by atoms with Gasteiger partial charge in [0, 0.05) is 18.2 Å². The molecule has 0 spiro atoms. The molecule has 1 atom stereocenters. The molecule has 0 saturated heterocycles. The first kappa shape index (κ1) is 12.1. The van der Waals surface area contributed by atoms with Crippen LogP contribution in [-0.2, 0) is 6.42 Å². The molecule has 0 radical (unpaired) electrons. The van der Waals surface area contributed by atoms with Crippen LogP contribution in [0.4, 0.5) is 5.69 Å². The second kappa shape index (κ2) is 5.35. The van der Waals surface area contributed by atoms with E-state index in [0.717, 1.165) is 25.3 Å². The van der Waals surface area contributed by atoms with E-state index in [1.165, 1.54) is 16.8 Å². The number of anilines is 1. The Morgan fingerprint density at radius 3 is 2.79 bits per heavy atom. The van der Waals surface area contributed by atoms with Crippen LogP contribution in [0, 0.1) is 12.8 Å². The van der Waals surface area contributed by atoms with Gasteiger partial charge in [-0.3, -0.25) is 0 Å². The van der Waals surface area contributed by atoms with Crippen molar-refractivity contribution in [2.24, 2.45) is 5.92 Å². The van der Waals surface area contributed by atoms with Gasteiger partial charge in [-0.2, -0.15) is 0 Å². The van der Waals surface area contributed by atoms with E-state index in [2.05, 4.69) is 42.6 Å². The van der Waals surface area contributed by atoms with E-state index < -0.39 is 0 Å². The van der Waals surface area contributed by atoms with Gasteiger partial charge in [-0.25, -0.2) is 0 Å². The summed E-state index contributed by atoms with van der Waals surface area (Å²) in [6.45, 7) is 3.85. The molecule has 2 aromatic rings. The summed E-state index contributed by atoms with van der Waals surface area (Å²) < 4.78 is 5.95. The molecular weight excluding hydrogens is 234 g/mol. The molecule has 0 saturated carbocycles. The first-order chi connectivity index (χ1) is 9.33. The van der Waals surface area contributed by atoms with Crippen molar-refractivity contribution in [3.63, 3.8) is 0 Å². The standard InChI is InChI=1S/C17H19NO/c1-13-6-2-5-9-17(13)19-12-14-10-15-7-3-4-8-16(15)18-11-14/h2-9,14,18H,10-12H2,1H3. The summed E-state index contributed by atoms with van der Waals surface area (Å²) in [6.07, 6.45) is 1.09. The summed E-state index contributed by atoms with van der Waals surface area (Å²) in [4.78, 5) is 0. The highest BCUT2D eigenvalue weighted by Crippen LogP contribution is 2.25. The zero-order valence-corrected chi connectivity index (χ0v) is 11.2. The molecule has 2 aromatic carbocycles. The molecule has 1 heterocycles. The summed E-state index contributed by atoms with van der Waals surface area (Å²) in [5, 5.41) is 3.48. The lowest BCUT2D eigenvalue weighted by atomic mass is 9.95. The molecule has 0 aromatic heterocycles. The summed E-state index contributed by atoms with van der Waals surface area (Å²) in [5.41, 5.74) is 3.87. The van der Waals surface area contributed by atoms with E-state index in [1.54, 1.807) is 0 Å². The van der Waals surface area contributed by atoms with Crippen molar-refractivity contribution in [1.29, 1.82) is 0 Å². The van der Waals surface area contributed by atoms with Crippen LogP contribution in [0.5, 0.6) is 5.75 Å². The molecule has 3 rings (SSSR count). The number of nitrogens with one attached hydrogen (secondary N) is 1. The van der Waals surface area contributed by atoms with Gasteiger partial charge in [0.05, 0.1) is 6.61 Å². The van der Waals surface area contributed by atoms with Gasteiger partial charge in [0.25, 0.3) is 0 Å². The smallest absolute Gasteiger partial charge is 0.122 e. The number of para-hydroxylation sites is 2. The molecular formula is C17H19NO. The summed E-state index contributed by atoms with van der Waals surface area (Å²) in [5.74, 6) is 1.54. The lowest BCUT2D eigenvalue weighted by molar-refractivity contribution is 0.251. The Hall–Kier alpha value is -1.96. The average Bonchev–Trinajstić information content (AvgIpc) is 2.46. The minimum atomic E-state index is 0.537. The molecule has 1 N–H and O–H groups in total. The van der Waals surface area contributed by atoms with Crippen LogP contribution >= 0.6 is 0 Å². The van der Waals surface area contributed by atoms with E-state index in [-0.39, 0.29) is 0 Å². The maximum Gasteiger partial charge on any atom is 0.122 e. The van der Waals surface area contributed by atoms with Crippen LogP contribution in [0.3, 0.4) is 0 Å². The number of aryl methyl sites for hydroxylation is 1. The lowest BCUT2D eigenvalue weighted by Gasteiger charge is -2.26. The van der Waals surface area contributed by atoms with Crippen LogP contribution < -0.4 is 10.1 Å². The largest absolute Gasteiger partial charge is 0.493 e. The normalized spacial score (nSPS) is 17.4. The maximum absolute atomic E-state index is 5.95. The molecule has 2 heteroatoms. The quantitative estimate of drug-likeness (QED) is 0.901. The Morgan fingerprint density at radius 2 is 1.89 bits per heavy atom. The molecule has 19 heavy (non-hydrogen) atoms. The van der Waals surface area contributed by atoms with Gasteiger partial charge < -0.3 is 10.1 Å². The molecule has 0 amide bonds. The van der Waals surface area contributed by atoms with Crippen molar-refractivity contribution in [2.45, 2.75) is 13.3 Å². The maximum atomic E-state index is 5.95. The summed E-state index contributed by atoms with van der Waals surface area (Å²) >= 11 is 0. The molecule has 2 nitrogen and oxygen atoms in total. The number of fused-ring (bicyclic) bond motifs is 1. The number of rotatable bonds is 3. The van der Waals surface area contributed by atoms with Crippen LogP contribution in [-0.4, -0.2) is 13.2 Å². The SMILES string of the molecule is Cc1ccccc1OCC1CNc2ccccc2C1. The monoisotopic (exact) mass is 253 g/mol. The third kappa shape index (κ3) is 2.73. The third-order valence-corrected chi connectivity index (χ3v) is 3.68. The molecule has 1 unspecified atom stereocenters. The van der Waals surface area contributed by atoms with E-state index in [9.17, 15) is 0 Å². The second-order valence-corrected chi connectivity index (χ2v) is 5.18. The molecule has 98 valence electrons. The number of benzene rings is 2. The summed E-state index contributed by atoms with van der Waals surface area (Å²) in [6, 6.07) is 16.7. The molecule has 0 fully saturated rings. The molecule has 1 aliphatic heterocycles. The highest BCUT2D eigenvalue weighted by Gasteiger charge is 2.18. The van der Waals surface area contributed by atoms with E-state index in [1.807, 2.05) is 18.2 Å². The highest BCUT2D eigenvalue weighted by atomic mass is 16.5. The van der Waals surface area contributed by atoms with Crippen molar-refractivity contribution in [3.05, 3.63) is 59.7 Å². The zero-order valence-electron chi connectivity index (χ0n) is 11.2. The molecule has 1 aliphatic rings. The lowest BCUT2D eigenvalue weighted by Crippen LogP contribution is -2.28. The Bertz CT molecular complexity index is 565. The number of hydrogen-bond donors (Lipinski definition) is 1. The first-order valence-electron chi connectivity index (χ1n) is 6.83. The topological polar surface area (TPSA) is 21.3 Å². The Morgan fingerprint density at radius 1 is 1.11 bits per heavy atom. The number of ether oxygens (including phenoxy) is 1. The van der Waals surface area contributed by atoms with Gasteiger partial charge in [0.15, 0.2) is 0 Å². The third-order valence-electron chi connectivity index (χ3n) is 3.68. The fraction of sp³-hybridized carbons (Fsp3) is 0.294. The van der Waals surface area contributed by atoms with Crippen molar-refractivity contribution < 1.29 is 4.74 Å². The Labute approximate surface area is 114 Å². The minimum absolute atomic E-state index is 0.537. The van der Waals surface area contributed by atoms with Gasteiger partial charge in [0.2, 0.25) is 0 Å². The van der Waals surface area contributed by atoms with Gasteiger partial charge in [0.1, 0.15) is 5.75 Å². The number of hydrogen-bond acceptors (Lipinski definition) is 2. The first-order valence-corrected chi connectivity index (χ1v) is 6.83. The average molecular weight is 253 g/mol. The zero-order chi connectivity index (χ0) is 13.1. The molecule has 0 bridgehead atoms. The van der Waals surface area contributed by atoms with Gasteiger partial charge in [-0.05, 0) is 36.6 Å².